The lowest BCUT2D eigenvalue weighted by Crippen LogP contribution is -2.28. The lowest BCUT2D eigenvalue weighted by Gasteiger charge is -2.18. The average Bonchev–Trinajstić information content (AvgIpc) is 2.90. The van der Waals surface area contributed by atoms with Crippen molar-refractivity contribution in [2.45, 2.75) is 50.1 Å². The molecule has 15 heavy (non-hydrogen) atoms. The molecule has 82 valence electrons. The van der Waals surface area contributed by atoms with Gasteiger partial charge in [0.25, 0.3) is 0 Å². The number of fused-ring (bicyclic) bond motifs is 2. The van der Waals surface area contributed by atoms with E-state index in [2.05, 4.69) is 15.1 Å². The molecule has 0 radical (unpaired) electrons. The van der Waals surface area contributed by atoms with Gasteiger partial charge in [0.1, 0.15) is 5.38 Å². The first-order valence-corrected chi connectivity index (χ1v) is 5.95. The fourth-order valence-corrected chi connectivity index (χ4v) is 2.80. The molecule has 1 aromatic heterocycles. The molecule has 0 saturated carbocycles. The first kappa shape index (κ1) is 9.46. The van der Waals surface area contributed by atoms with Gasteiger partial charge in [0.15, 0.2) is 0 Å². The molecule has 3 heterocycles. The van der Waals surface area contributed by atoms with Crippen LogP contribution in [0.15, 0.2) is 4.42 Å². The summed E-state index contributed by atoms with van der Waals surface area (Å²) in [7, 11) is 0. The van der Waals surface area contributed by atoms with Crippen LogP contribution in [0.4, 0.5) is 6.01 Å². The summed E-state index contributed by atoms with van der Waals surface area (Å²) in [6.45, 7) is 1.84. The minimum Gasteiger partial charge on any atom is -0.406 e. The van der Waals surface area contributed by atoms with Gasteiger partial charge in [0, 0.05) is 12.1 Å². The largest absolute Gasteiger partial charge is 0.406 e. The number of hydrogen-bond acceptors (Lipinski definition) is 4. The minimum absolute atomic E-state index is 0.202. The van der Waals surface area contributed by atoms with E-state index in [1.807, 2.05) is 6.92 Å². The van der Waals surface area contributed by atoms with Gasteiger partial charge in [-0.1, -0.05) is 5.10 Å². The van der Waals surface area contributed by atoms with Crippen LogP contribution >= 0.6 is 11.6 Å². The van der Waals surface area contributed by atoms with Crippen LogP contribution in [0.25, 0.3) is 0 Å². The molecule has 2 aliphatic heterocycles. The monoisotopic (exact) mass is 227 g/mol. The van der Waals surface area contributed by atoms with E-state index in [1.165, 1.54) is 25.7 Å². The Balaban J connectivity index is 1.87. The van der Waals surface area contributed by atoms with E-state index in [-0.39, 0.29) is 5.38 Å². The number of halogens is 1. The van der Waals surface area contributed by atoms with Crippen molar-refractivity contribution in [2.24, 2.45) is 0 Å². The standard InChI is InChI=1S/C10H14ClN3O/c1-6(11)9-12-13-10(15-9)14-7-2-3-8(14)5-4-7/h6-8H,2-5H2,1H3. The van der Waals surface area contributed by atoms with Gasteiger partial charge >= 0.3 is 6.01 Å². The molecule has 0 amide bonds. The van der Waals surface area contributed by atoms with E-state index >= 15 is 0 Å². The van der Waals surface area contributed by atoms with Gasteiger partial charge in [-0.3, -0.25) is 0 Å². The number of anilines is 1. The fourth-order valence-electron chi connectivity index (χ4n) is 2.72. The zero-order valence-corrected chi connectivity index (χ0v) is 9.44. The van der Waals surface area contributed by atoms with Crippen molar-refractivity contribution < 1.29 is 4.42 Å². The molecule has 1 aromatic rings. The highest BCUT2D eigenvalue weighted by Crippen LogP contribution is 2.40. The van der Waals surface area contributed by atoms with E-state index in [0.717, 1.165) is 0 Å². The van der Waals surface area contributed by atoms with Gasteiger partial charge in [-0.15, -0.1) is 16.7 Å². The van der Waals surface area contributed by atoms with Crippen molar-refractivity contribution in [3.63, 3.8) is 0 Å². The zero-order chi connectivity index (χ0) is 10.4. The predicted molar refractivity (Wildman–Crippen MR) is 57.1 cm³/mol. The van der Waals surface area contributed by atoms with Gasteiger partial charge in [-0.25, -0.2) is 0 Å². The molecule has 2 bridgehead atoms. The normalized spacial score (nSPS) is 31.2. The molecule has 5 heteroatoms. The van der Waals surface area contributed by atoms with E-state index in [9.17, 15) is 0 Å². The molecule has 1 atom stereocenters. The summed E-state index contributed by atoms with van der Waals surface area (Å²) in [4.78, 5) is 2.29. The highest BCUT2D eigenvalue weighted by molar-refractivity contribution is 6.20. The third-order valence-electron chi connectivity index (χ3n) is 3.44. The Kier molecular flexibility index (Phi) is 2.12. The number of alkyl halides is 1. The third kappa shape index (κ3) is 1.42. The van der Waals surface area contributed by atoms with Crippen molar-refractivity contribution in [3.05, 3.63) is 5.89 Å². The molecule has 4 nitrogen and oxygen atoms in total. The van der Waals surface area contributed by atoms with Crippen LogP contribution in [0, 0.1) is 0 Å². The maximum absolute atomic E-state index is 5.90. The molecule has 1 unspecified atom stereocenters. The number of rotatable bonds is 2. The van der Waals surface area contributed by atoms with E-state index in [4.69, 9.17) is 16.0 Å². The smallest absolute Gasteiger partial charge is 0.318 e. The van der Waals surface area contributed by atoms with Gasteiger partial charge in [0.05, 0.1) is 0 Å². The summed E-state index contributed by atoms with van der Waals surface area (Å²) < 4.78 is 5.58. The summed E-state index contributed by atoms with van der Waals surface area (Å²) in [6, 6.07) is 1.91. The summed E-state index contributed by atoms with van der Waals surface area (Å²) in [5.74, 6) is 0.526. The Morgan fingerprint density at radius 2 is 1.87 bits per heavy atom. The van der Waals surface area contributed by atoms with Crippen molar-refractivity contribution >= 4 is 17.6 Å². The van der Waals surface area contributed by atoms with Crippen LogP contribution < -0.4 is 4.90 Å². The lowest BCUT2D eigenvalue weighted by atomic mass is 10.0. The topological polar surface area (TPSA) is 42.2 Å². The SMILES string of the molecule is CC(Cl)c1nnc(N2C3CCC2CC3)o1. The van der Waals surface area contributed by atoms with Gasteiger partial charge < -0.3 is 9.32 Å². The second-order valence-electron chi connectivity index (χ2n) is 4.41. The van der Waals surface area contributed by atoms with E-state index < -0.39 is 0 Å². The zero-order valence-electron chi connectivity index (χ0n) is 8.69. The summed E-state index contributed by atoms with van der Waals surface area (Å²) >= 11 is 5.90. The van der Waals surface area contributed by atoms with E-state index in [0.29, 0.717) is 24.0 Å². The Labute approximate surface area is 93.6 Å². The first-order chi connectivity index (χ1) is 7.25. The first-order valence-electron chi connectivity index (χ1n) is 5.51. The summed E-state index contributed by atoms with van der Waals surface area (Å²) in [5.41, 5.74) is 0. The fraction of sp³-hybridized carbons (Fsp3) is 0.800. The molecule has 0 aromatic carbocycles. The maximum atomic E-state index is 5.90. The van der Waals surface area contributed by atoms with Crippen molar-refractivity contribution in [2.75, 3.05) is 4.90 Å². The second kappa shape index (κ2) is 3.37. The van der Waals surface area contributed by atoms with Crippen molar-refractivity contribution in [3.8, 4) is 0 Å². The Hall–Kier alpha value is -0.770. The predicted octanol–water partition coefficient (Wildman–Crippen LogP) is 2.50. The minimum atomic E-state index is -0.202. The van der Waals surface area contributed by atoms with E-state index in [1.54, 1.807) is 0 Å². The molecule has 3 rings (SSSR count). The Morgan fingerprint density at radius 1 is 1.27 bits per heavy atom. The molecular formula is C10H14ClN3O. The molecule has 0 spiro atoms. The third-order valence-corrected chi connectivity index (χ3v) is 3.63. The van der Waals surface area contributed by atoms with Crippen LogP contribution in [-0.4, -0.2) is 22.3 Å². The highest BCUT2D eigenvalue weighted by atomic mass is 35.5. The maximum Gasteiger partial charge on any atom is 0.318 e. The van der Waals surface area contributed by atoms with Crippen LogP contribution in [0.3, 0.4) is 0 Å². The van der Waals surface area contributed by atoms with Gasteiger partial charge in [-0.2, -0.15) is 0 Å². The highest BCUT2D eigenvalue weighted by Gasteiger charge is 2.42. The van der Waals surface area contributed by atoms with Crippen LogP contribution in [0.1, 0.15) is 43.9 Å². The molecular weight excluding hydrogens is 214 g/mol. The summed E-state index contributed by atoms with van der Waals surface area (Å²) in [6.07, 6.45) is 5.05. The average molecular weight is 228 g/mol. The number of nitrogens with zero attached hydrogens (tertiary/aromatic N) is 3. The number of aromatic nitrogens is 2. The Morgan fingerprint density at radius 3 is 2.33 bits per heavy atom. The quantitative estimate of drug-likeness (QED) is 0.728. The second-order valence-corrected chi connectivity index (χ2v) is 5.06. The number of hydrogen-bond donors (Lipinski definition) is 0. The Bertz CT molecular complexity index is 345. The lowest BCUT2D eigenvalue weighted by molar-refractivity contribution is 0.480. The molecule has 2 fully saturated rings. The van der Waals surface area contributed by atoms with Crippen molar-refractivity contribution in [1.29, 1.82) is 0 Å². The van der Waals surface area contributed by atoms with Crippen molar-refractivity contribution in [1.82, 2.24) is 10.2 Å². The van der Waals surface area contributed by atoms with Gasteiger partial charge in [-0.05, 0) is 32.6 Å². The molecule has 2 aliphatic rings. The molecule has 0 aliphatic carbocycles. The van der Waals surface area contributed by atoms with Crippen LogP contribution in [0.2, 0.25) is 0 Å². The summed E-state index contributed by atoms with van der Waals surface area (Å²) in [5, 5.41) is 7.85. The van der Waals surface area contributed by atoms with Gasteiger partial charge in [0.2, 0.25) is 5.89 Å². The molecule has 0 N–H and O–H groups in total. The molecule has 2 saturated heterocycles. The van der Waals surface area contributed by atoms with Crippen LogP contribution in [0.5, 0.6) is 0 Å². The van der Waals surface area contributed by atoms with Crippen LogP contribution in [-0.2, 0) is 0 Å².